The normalized spacial score (nSPS) is 9.60. The van der Waals surface area contributed by atoms with Crippen molar-refractivity contribution in [3.63, 3.8) is 0 Å². The summed E-state index contributed by atoms with van der Waals surface area (Å²) in [6.45, 7) is -0.376. The summed E-state index contributed by atoms with van der Waals surface area (Å²) < 4.78 is 0. The van der Waals surface area contributed by atoms with E-state index in [1.54, 1.807) is 0 Å². The first-order chi connectivity index (χ1) is 7.02. The summed E-state index contributed by atoms with van der Waals surface area (Å²) >= 11 is 1.36. The highest BCUT2D eigenvalue weighted by molar-refractivity contribution is 7.99. The molecule has 0 aliphatic rings. The first-order valence-electron chi connectivity index (χ1n) is 4.30. The fourth-order valence-electron chi connectivity index (χ4n) is 0.689. The minimum Gasteiger partial charge on any atom is -0.481 e. The Morgan fingerprint density at radius 3 is 2.13 bits per heavy atom. The number of carbonyl (C=O) groups is 3. The molecule has 0 saturated heterocycles. The van der Waals surface area contributed by atoms with Gasteiger partial charge in [-0.3, -0.25) is 14.4 Å². The molecule has 0 aromatic carbocycles. The summed E-state index contributed by atoms with van der Waals surface area (Å²) in [6.07, 6.45) is 0.277. The third-order valence-electron chi connectivity index (χ3n) is 1.37. The van der Waals surface area contributed by atoms with E-state index >= 15 is 0 Å². The number of carboxylic acids is 2. The summed E-state index contributed by atoms with van der Waals surface area (Å²) in [4.78, 5) is 31.1. The third kappa shape index (κ3) is 10.7. The van der Waals surface area contributed by atoms with E-state index in [2.05, 4.69) is 5.32 Å². The Bertz CT molecular complexity index is 243. The minimum atomic E-state index is -1.08. The fourth-order valence-corrected chi connectivity index (χ4v) is 1.54. The van der Waals surface area contributed by atoms with Crippen molar-refractivity contribution in [1.29, 1.82) is 0 Å². The van der Waals surface area contributed by atoms with E-state index in [-0.39, 0.29) is 25.3 Å². The van der Waals surface area contributed by atoms with Crippen molar-refractivity contribution in [1.82, 2.24) is 5.32 Å². The van der Waals surface area contributed by atoms with E-state index < -0.39 is 11.9 Å². The number of aliphatic carboxylic acids is 2. The lowest BCUT2D eigenvalue weighted by Crippen LogP contribution is -2.29. The first kappa shape index (κ1) is 13.8. The molecule has 7 heteroatoms. The van der Waals surface area contributed by atoms with Crippen LogP contribution in [0.5, 0.6) is 0 Å². The topological polar surface area (TPSA) is 104 Å². The Morgan fingerprint density at radius 1 is 1.00 bits per heavy atom. The largest absolute Gasteiger partial charge is 0.481 e. The maximum atomic E-state index is 10.9. The van der Waals surface area contributed by atoms with Crippen molar-refractivity contribution < 1.29 is 24.6 Å². The van der Waals surface area contributed by atoms with Gasteiger partial charge in [-0.15, -0.1) is 0 Å². The molecule has 0 fully saturated rings. The number of thioether (sulfide) groups is 1. The lowest BCUT2D eigenvalue weighted by atomic mass is 10.4. The molecule has 3 N–H and O–H groups in total. The molecule has 0 unspecified atom stereocenters. The Balaban J connectivity index is 3.31. The number of hydrogen-bond acceptors (Lipinski definition) is 4. The second kappa shape index (κ2) is 8.10. The highest BCUT2D eigenvalue weighted by atomic mass is 32.2. The Morgan fingerprint density at radius 2 is 1.60 bits per heavy atom. The second-order valence-corrected chi connectivity index (χ2v) is 3.90. The van der Waals surface area contributed by atoms with Crippen molar-refractivity contribution in [2.45, 2.75) is 12.8 Å². The molecule has 0 bridgehead atoms. The van der Waals surface area contributed by atoms with Crippen LogP contribution in [0.15, 0.2) is 0 Å². The van der Waals surface area contributed by atoms with E-state index in [0.29, 0.717) is 11.5 Å². The van der Waals surface area contributed by atoms with E-state index in [0.717, 1.165) is 0 Å². The van der Waals surface area contributed by atoms with Gasteiger partial charge >= 0.3 is 11.9 Å². The van der Waals surface area contributed by atoms with Crippen LogP contribution in [-0.4, -0.2) is 46.1 Å². The second-order valence-electron chi connectivity index (χ2n) is 2.68. The van der Waals surface area contributed by atoms with Crippen LogP contribution < -0.4 is 5.32 Å². The number of amides is 1. The molecule has 0 aliphatic heterocycles. The third-order valence-corrected chi connectivity index (χ3v) is 2.36. The zero-order chi connectivity index (χ0) is 11.7. The van der Waals surface area contributed by atoms with Crippen LogP contribution in [0.3, 0.4) is 0 Å². The van der Waals surface area contributed by atoms with Gasteiger partial charge in [-0.05, 0) is 0 Å². The number of carboxylic acid groups (broad SMARTS) is 2. The van der Waals surface area contributed by atoms with Gasteiger partial charge in [-0.25, -0.2) is 0 Å². The van der Waals surface area contributed by atoms with E-state index in [1.165, 1.54) is 11.8 Å². The van der Waals surface area contributed by atoms with Crippen LogP contribution in [0, 0.1) is 0 Å². The van der Waals surface area contributed by atoms with Crippen LogP contribution in [-0.2, 0) is 14.4 Å². The fraction of sp³-hybridized carbons (Fsp3) is 0.625. The molecular formula is C8H13NO5S. The number of hydrogen-bond donors (Lipinski definition) is 3. The molecule has 1 amide bonds. The van der Waals surface area contributed by atoms with Crippen molar-refractivity contribution >= 4 is 29.6 Å². The molecule has 0 heterocycles. The van der Waals surface area contributed by atoms with Gasteiger partial charge in [0, 0.05) is 17.9 Å². The van der Waals surface area contributed by atoms with Gasteiger partial charge in [-0.2, -0.15) is 11.8 Å². The van der Waals surface area contributed by atoms with Crippen molar-refractivity contribution in [2.75, 3.05) is 18.1 Å². The molecule has 15 heavy (non-hydrogen) atoms. The standard InChI is InChI=1S/C8H13NO5S/c10-6(9-5-8(13)14)1-3-15-4-2-7(11)12/h1-5H2,(H,9,10)(H,11,12)(H,13,14). The predicted octanol–water partition coefficient (Wildman–Crippen LogP) is -0.215. The molecule has 0 rings (SSSR count). The predicted molar refractivity (Wildman–Crippen MR) is 54.8 cm³/mol. The minimum absolute atomic E-state index is 0.0708. The zero-order valence-electron chi connectivity index (χ0n) is 8.06. The van der Waals surface area contributed by atoms with Crippen molar-refractivity contribution in [2.24, 2.45) is 0 Å². The van der Waals surface area contributed by atoms with Gasteiger partial charge in [0.1, 0.15) is 6.54 Å². The van der Waals surface area contributed by atoms with Gasteiger partial charge in [-0.1, -0.05) is 0 Å². The highest BCUT2D eigenvalue weighted by Gasteiger charge is 2.03. The first-order valence-corrected chi connectivity index (χ1v) is 5.46. The van der Waals surface area contributed by atoms with E-state index in [9.17, 15) is 14.4 Å². The summed E-state index contributed by atoms with van der Waals surface area (Å²) in [5.74, 6) is -1.32. The van der Waals surface area contributed by atoms with E-state index in [4.69, 9.17) is 10.2 Å². The van der Waals surface area contributed by atoms with Gasteiger partial charge in [0.25, 0.3) is 0 Å². The average molecular weight is 235 g/mol. The molecule has 0 saturated carbocycles. The lowest BCUT2D eigenvalue weighted by Gasteiger charge is -2.01. The molecule has 0 atom stereocenters. The average Bonchev–Trinajstić information content (AvgIpc) is 2.13. The van der Waals surface area contributed by atoms with Crippen molar-refractivity contribution in [3.8, 4) is 0 Å². The maximum Gasteiger partial charge on any atom is 0.322 e. The van der Waals surface area contributed by atoms with Crippen molar-refractivity contribution in [3.05, 3.63) is 0 Å². The molecule has 86 valence electrons. The molecule has 0 radical (unpaired) electrons. The van der Waals surface area contributed by atoms with Gasteiger partial charge in [0.05, 0.1) is 6.42 Å². The van der Waals surface area contributed by atoms with Crippen LogP contribution in [0.1, 0.15) is 12.8 Å². The quantitative estimate of drug-likeness (QED) is 0.503. The smallest absolute Gasteiger partial charge is 0.322 e. The van der Waals surface area contributed by atoms with Crippen LogP contribution in [0.25, 0.3) is 0 Å². The van der Waals surface area contributed by atoms with E-state index in [1.807, 2.05) is 0 Å². The summed E-state index contributed by atoms with van der Waals surface area (Å²) in [7, 11) is 0. The van der Waals surface area contributed by atoms with Gasteiger partial charge in [0.2, 0.25) is 5.91 Å². The summed E-state index contributed by atoms with van der Waals surface area (Å²) in [6, 6.07) is 0. The number of nitrogens with one attached hydrogen (secondary N) is 1. The van der Waals surface area contributed by atoms with Crippen LogP contribution >= 0.6 is 11.8 Å². The SMILES string of the molecule is O=C(O)CCSCCC(=O)NCC(=O)O. The Kier molecular flexibility index (Phi) is 7.43. The molecule has 6 nitrogen and oxygen atoms in total. The number of rotatable bonds is 8. The monoisotopic (exact) mass is 235 g/mol. The molecule has 0 aromatic heterocycles. The zero-order valence-corrected chi connectivity index (χ0v) is 8.88. The molecule has 0 spiro atoms. The molecule has 0 aromatic rings. The molecule has 0 aliphatic carbocycles. The lowest BCUT2D eigenvalue weighted by molar-refractivity contribution is -0.138. The van der Waals surface area contributed by atoms with Gasteiger partial charge < -0.3 is 15.5 Å². The maximum absolute atomic E-state index is 10.9. The highest BCUT2D eigenvalue weighted by Crippen LogP contribution is 2.04. The van der Waals surface area contributed by atoms with Gasteiger partial charge in [0.15, 0.2) is 0 Å². The molecular weight excluding hydrogens is 222 g/mol. The Hall–Kier alpha value is -1.24. The van der Waals surface area contributed by atoms with Crippen LogP contribution in [0.4, 0.5) is 0 Å². The summed E-state index contributed by atoms with van der Waals surface area (Å²) in [5, 5.41) is 18.8. The van der Waals surface area contributed by atoms with Crippen LogP contribution in [0.2, 0.25) is 0 Å². The Labute approximate surface area is 91.0 Å². The number of carbonyl (C=O) groups excluding carboxylic acids is 1. The summed E-state index contributed by atoms with van der Waals surface area (Å²) in [5.41, 5.74) is 0.